The van der Waals surface area contributed by atoms with Crippen molar-refractivity contribution in [2.45, 2.75) is 13.8 Å². The van der Waals surface area contributed by atoms with Crippen LogP contribution in [0.5, 0.6) is 0 Å². The van der Waals surface area contributed by atoms with Crippen LogP contribution >= 0.6 is 0 Å². The summed E-state index contributed by atoms with van der Waals surface area (Å²) in [5, 5.41) is 12.0. The molecule has 0 bridgehead atoms. The largest absolute Gasteiger partial charge is 0.394 e. The van der Waals surface area contributed by atoms with E-state index in [2.05, 4.69) is 10.1 Å². The van der Waals surface area contributed by atoms with Gasteiger partial charge in [0, 0.05) is 12.1 Å². The molecule has 22 heavy (non-hydrogen) atoms. The Kier molecular flexibility index (Phi) is 13.7. The van der Waals surface area contributed by atoms with Gasteiger partial charge in [-0.1, -0.05) is 13.8 Å². The Bertz CT molecular complexity index is 345. The number of carbonyl (C=O) groups is 1. The molecule has 0 rings (SSSR count). The number of hydrogen-bond acceptors (Lipinski definition) is 8. The summed E-state index contributed by atoms with van der Waals surface area (Å²) < 4.78 is 15.6. The van der Waals surface area contributed by atoms with Gasteiger partial charge in [0.1, 0.15) is 5.71 Å². The zero-order valence-corrected chi connectivity index (χ0v) is 13.4. The second-order valence-corrected chi connectivity index (χ2v) is 4.71. The highest BCUT2D eigenvalue weighted by Crippen LogP contribution is 1.93. The average Bonchev–Trinajstić information content (AvgIpc) is 2.51. The van der Waals surface area contributed by atoms with Crippen molar-refractivity contribution in [2.24, 2.45) is 21.9 Å². The van der Waals surface area contributed by atoms with E-state index < -0.39 is 0 Å². The molecule has 0 aromatic carbocycles. The second-order valence-electron chi connectivity index (χ2n) is 4.71. The Hall–Kier alpha value is -1.35. The number of nitrogens with zero attached hydrogens (tertiary/aromatic N) is 2. The number of ether oxygens (including phenoxy) is 3. The third kappa shape index (κ3) is 12.4. The van der Waals surface area contributed by atoms with Gasteiger partial charge in [0.15, 0.2) is 5.78 Å². The molecule has 0 saturated carbocycles. The number of hydrogen-bond donors (Lipinski definition) is 2. The van der Waals surface area contributed by atoms with Gasteiger partial charge < -0.3 is 25.2 Å². The highest BCUT2D eigenvalue weighted by molar-refractivity contribution is 6.31. The van der Waals surface area contributed by atoms with Gasteiger partial charge in [-0.3, -0.25) is 9.79 Å². The third-order valence-corrected chi connectivity index (χ3v) is 2.53. The van der Waals surface area contributed by atoms with E-state index >= 15 is 0 Å². The highest BCUT2D eigenvalue weighted by atomic mass is 16.5. The van der Waals surface area contributed by atoms with E-state index in [4.69, 9.17) is 25.2 Å². The van der Waals surface area contributed by atoms with Crippen molar-refractivity contribution in [1.82, 2.24) is 0 Å². The lowest BCUT2D eigenvalue weighted by Crippen LogP contribution is -2.17. The molecular formula is C14H27N3O5. The fraction of sp³-hybridized carbons (Fsp3) is 0.786. The smallest absolute Gasteiger partial charge is 0.156 e. The monoisotopic (exact) mass is 317 g/mol. The molecule has 0 fully saturated rings. The molecule has 128 valence electrons. The number of rotatable bonds is 14. The van der Waals surface area contributed by atoms with Gasteiger partial charge in [0.2, 0.25) is 0 Å². The summed E-state index contributed by atoms with van der Waals surface area (Å²) in [6, 6.07) is 0. The molecule has 0 saturated heterocycles. The lowest BCUT2D eigenvalue weighted by Gasteiger charge is -2.06. The highest BCUT2D eigenvalue weighted by Gasteiger charge is 2.05. The first-order valence-electron chi connectivity index (χ1n) is 7.25. The Balaban J connectivity index is 3.62. The maximum Gasteiger partial charge on any atom is 0.156 e. The number of hydrazone groups is 1. The predicted octanol–water partition coefficient (Wildman–Crippen LogP) is -0.361. The number of aliphatic hydroxyl groups is 1. The molecule has 0 aliphatic heterocycles. The van der Waals surface area contributed by atoms with Gasteiger partial charge in [-0.05, 0) is 0 Å². The molecule has 0 aliphatic carbocycles. The van der Waals surface area contributed by atoms with Gasteiger partial charge in [0.05, 0.1) is 52.8 Å². The number of nitrogens with two attached hydrogens (primary N) is 1. The van der Waals surface area contributed by atoms with Crippen LogP contribution in [0.25, 0.3) is 0 Å². The zero-order chi connectivity index (χ0) is 16.6. The van der Waals surface area contributed by atoms with E-state index in [1.165, 1.54) is 6.21 Å². The van der Waals surface area contributed by atoms with Crippen molar-refractivity contribution in [2.75, 3.05) is 52.8 Å². The summed E-state index contributed by atoms with van der Waals surface area (Å²) in [5.74, 6) is 5.25. The van der Waals surface area contributed by atoms with Crippen molar-refractivity contribution in [3.8, 4) is 0 Å². The molecule has 8 heteroatoms. The van der Waals surface area contributed by atoms with Crippen molar-refractivity contribution in [3.63, 3.8) is 0 Å². The molecule has 0 aromatic heterocycles. The lowest BCUT2D eigenvalue weighted by atomic mass is 10.1. The maximum atomic E-state index is 11.4. The Morgan fingerprint density at radius 2 is 1.73 bits per heavy atom. The number of Topliss-reactive ketones (excluding diaryl/α,β-unsaturated/α-hetero) is 1. The minimum atomic E-state index is -0.0369. The van der Waals surface area contributed by atoms with Gasteiger partial charge in [-0.25, -0.2) is 0 Å². The predicted molar refractivity (Wildman–Crippen MR) is 84.4 cm³/mol. The fourth-order valence-corrected chi connectivity index (χ4v) is 1.21. The molecule has 3 N–H and O–H groups in total. The first kappa shape index (κ1) is 20.6. The summed E-state index contributed by atoms with van der Waals surface area (Å²) in [6.45, 7) is 5.99. The molecule has 0 radical (unpaired) electrons. The second kappa shape index (κ2) is 14.6. The average molecular weight is 317 g/mol. The van der Waals surface area contributed by atoms with Crippen molar-refractivity contribution in [3.05, 3.63) is 0 Å². The van der Waals surface area contributed by atoms with Crippen LogP contribution in [0.2, 0.25) is 0 Å². The van der Waals surface area contributed by atoms with Gasteiger partial charge in [-0.15, -0.1) is 0 Å². The normalized spacial score (nSPS) is 12.5. The van der Waals surface area contributed by atoms with Crippen LogP contribution in [0.3, 0.4) is 0 Å². The first-order valence-corrected chi connectivity index (χ1v) is 7.25. The summed E-state index contributed by atoms with van der Waals surface area (Å²) in [5.41, 5.74) is 0.461. The lowest BCUT2D eigenvalue weighted by molar-refractivity contribution is -0.120. The van der Waals surface area contributed by atoms with E-state index in [-0.39, 0.29) is 31.5 Å². The number of aliphatic hydroxyl groups excluding tert-OH is 1. The van der Waals surface area contributed by atoms with Crippen molar-refractivity contribution in [1.29, 1.82) is 0 Å². The van der Waals surface area contributed by atoms with Crippen LogP contribution in [0.4, 0.5) is 0 Å². The van der Waals surface area contributed by atoms with Crippen LogP contribution < -0.4 is 5.84 Å². The Morgan fingerprint density at radius 1 is 1.14 bits per heavy atom. The topological polar surface area (TPSA) is 116 Å². The van der Waals surface area contributed by atoms with E-state index in [0.29, 0.717) is 38.7 Å². The molecule has 8 nitrogen and oxygen atoms in total. The molecule has 0 aromatic rings. The minimum absolute atomic E-state index is 0.00856. The maximum absolute atomic E-state index is 11.4. The number of ketones is 1. The van der Waals surface area contributed by atoms with E-state index in [1.54, 1.807) is 0 Å². The quantitative estimate of drug-likeness (QED) is 0.196. The Morgan fingerprint density at radius 3 is 2.27 bits per heavy atom. The number of carbonyl (C=O) groups excluding carboxylic acids is 1. The Labute approximate surface area is 131 Å². The van der Waals surface area contributed by atoms with Gasteiger partial charge >= 0.3 is 0 Å². The van der Waals surface area contributed by atoms with Gasteiger partial charge in [0.25, 0.3) is 0 Å². The summed E-state index contributed by atoms with van der Waals surface area (Å²) >= 11 is 0. The van der Waals surface area contributed by atoms with Crippen LogP contribution in [0, 0.1) is 5.92 Å². The summed E-state index contributed by atoms with van der Waals surface area (Å²) in [4.78, 5) is 15.4. The van der Waals surface area contributed by atoms with E-state index in [1.807, 2.05) is 13.8 Å². The first-order chi connectivity index (χ1) is 10.6. The summed E-state index contributed by atoms with van der Waals surface area (Å²) in [7, 11) is 0. The zero-order valence-electron chi connectivity index (χ0n) is 13.4. The standard InChI is InChI=1S/C14H27N3O5/c1-12(2)14(19)10-16-9-13(17-15)11-22-8-7-21-6-5-20-4-3-18/h9,12,18H,3-8,10-11,15H2,1-2H3/b16-9?,17-13+. The van der Waals surface area contributed by atoms with E-state index in [9.17, 15) is 4.79 Å². The van der Waals surface area contributed by atoms with Crippen molar-refractivity contribution >= 4 is 17.7 Å². The van der Waals surface area contributed by atoms with Crippen LogP contribution in [-0.4, -0.2) is 75.6 Å². The fourth-order valence-electron chi connectivity index (χ4n) is 1.21. The third-order valence-electron chi connectivity index (χ3n) is 2.53. The molecule has 0 spiro atoms. The SMILES string of the molecule is CC(C)C(=O)CN=C/C(COCCOCCOCCO)=N\N. The van der Waals surface area contributed by atoms with Gasteiger partial charge in [-0.2, -0.15) is 5.10 Å². The molecule has 0 unspecified atom stereocenters. The van der Waals surface area contributed by atoms with Crippen LogP contribution in [-0.2, 0) is 19.0 Å². The molecular weight excluding hydrogens is 290 g/mol. The van der Waals surface area contributed by atoms with Crippen LogP contribution in [0.1, 0.15) is 13.8 Å². The summed E-state index contributed by atoms with van der Waals surface area (Å²) in [6.07, 6.45) is 1.45. The number of aliphatic imine (C=N–C) groups is 1. The minimum Gasteiger partial charge on any atom is -0.394 e. The van der Waals surface area contributed by atoms with Crippen molar-refractivity contribution < 1.29 is 24.1 Å². The molecule has 0 atom stereocenters. The molecule has 0 aliphatic rings. The van der Waals surface area contributed by atoms with Crippen LogP contribution in [0.15, 0.2) is 10.1 Å². The molecule has 0 heterocycles. The van der Waals surface area contributed by atoms with E-state index in [0.717, 1.165) is 0 Å². The molecule has 0 amide bonds.